The van der Waals surface area contributed by atoms with Crippen LogP contribution in [0.1, 0.15) is 50.3 Å². The summed E-state index contributed by atoms with van der Waals surface area (Å²) in [5, 5.41) is 3.32. The highest BCUT2D eigenvalue weighted by Crippen LogP contribution is 2.29. The van der Waals surface area contributed by atoms with Crippen LogP contribution in [0.25, 0.3) is 0 Å². The molecule has 0 bridgehead atoms. The summed E-state index contributed by atoms with van der Waals surface area (Å²) in [5.74, 6) is 0. The molecular formula is C16H26N2. The van der Waals surface area contributed by atoms with E-state index in [1.807, 2.05) is 7.05 Å². The van der Waals surface area contributed by atoms with E-state index in [9.17, 15) is 0 Å². The number of hydrogen-bond acceptors (Lipinski definition) is 2. The molecule has 0 aromatic heterocycles. The summed E-state index contributed by atoms with van der Waals surface area (Å²) in [6, 6.07) is 7.45. The highest BCUT2D eigenvalue weighted by Gasteiger charge is 2.17. The molecule has 0 saturated heterocycles. The zero-order valence-electron chi connectivity index (χ0n) is 12.0. The van der Waals surface area contributed by atoms with Gasteiger partial charge in [-0.3, -0.25) is 0 Å². The van der Waals surface area contributed by atoms with Crippen LogP contribution in [0, 0.1) is 0 Å². The van der Waals surface area contributed by atoms with E-state index in [4.69, 9.17) is 0 Å². The molecular weight excluding hydrogens is 220 g/mol. The molecule has 2 heteroatoms. The summed E-state index contributed by atoms with van der Waals surface area (Å²) in [5.41, 5.74) is 4.42. The van der Waals surface area contributed by atoms with Crippen molar-refractivity contribution in [2.45, 2.75) is 45.6 Å². The highest BCUT2D eigenvalue weighted by atomic mass is 15.1. The Kier molecular flexibility index (Phi) is 4.65. The monoisotopic (exact) mass is 246 g/mol. The van der Waals surface area contributed by atoms with Crippen LogP contribution in [-0.4, -0.2) is 20.1 Å². The first-order valence-corrected chi connectivity index (χ1v) is 7.31. The molecule has 0 saturated carbocycles. The second kappa shape index (κ2) is 6.24. The average Bonchev–Trinajstić information content (AvgIpc) is 2.43. The van der Waals surface area contributed by atoms with Gasteiger partial charge in [0.05, 0.1) is 0 Å². The van der Waals surface area contributed by atoms with Crippen LogP contribution < -0.4 is 10.2 Å². The Labute approximate surface area is 111 Å². The maximum absolute atomic E-state index is 3.32. The van der Waals surface area contributed by atoms with Crippen molar-refractivity contribution in [3.63, 3.8) is 0 Å². The second-order valence-electron chi connectivity index (χ2n) is 5.34. The average molecular weight is 246 g/mol. The summed E-state index contributed by atoms with van der Waals surface area (Å²) in [4.78, 5) is 2.57. The van der Waals surface area contributed by atoms with Crippen molar-refractivity contribution >= 4 is 5.69 Å². The van der Waals surface area contributed by atoms with E-state index in [1.165, 1.54) is 55.6 Å². The summed E-state index contributed by atoms with van der Waals surface area (Å²) in [7, 11) is 2.03. The van der Waals surface area contributed by atoms with Crippen molar-refractivity contribution < 1.29 is 0 Å². The van der Waals surface area contributed by atoms with Crippen LogP contribution in [0.5, 0.6) is 0 Å². The number of unbranched alkanes of at least 4 members (excludes halogenated alkanes) is 1. The molecule has 1 aliphatic rings. The van der Waals surface area contributed by atoms with Gasteiger partial charge in [0.1, 0.15) is 0 Å². The van der Waals surface area contributed by atoms with E-state index in [0.29, 0.717) is 6.04 Å². The van der Waals surface area contributed by atoms with Crippen molar-refractivity contribution in [3.8, 4) is 0 Å². The summed E-state index contributed by atoms with van der Waals surface area (Å²) >= 11 is 0. The normalized spacial score (nSPS) is 16.5. The molecule has 2 nitrogen and oxygen atoms in total. The van der Waals surface area contributed by atoms with Crippen molar-refractivity contribution in [2.75, 3.05) is 25.0 Å². The van der Waals surface area contributed by atoms with E-state index >= 15 is 0 Å². The smallest absolute Gasteiger partial charge is 0.0398 e. The van der Waals surface area contributed by atoms with Gasteiger partial charge in [-0.2, -0.15) is 0 Å². The van der Waals surface area contributed by atoms with Crippen LogP contribution in [0.4, 0.5) is 5.69 Å². The molecule has 1 atom stereocenters. The van der Waals surface area contributed by atoms with Crippen molar-refractivity contribution in [1.29, 1.82) is 0 Å². The van der Waals surface area contributed by atoms with Gasteiger partial charge in [0, 0.05) is 24.8 Å². The first-order chi connectivity index (χ1) is 8.76. The summed E-state index contributed by atoms with van der Waals surface area (Å²) in [6.45, 7) is 6.93. The quantitative estimate of drug-likeness (QED) is 0.855. The molecule has 1 aromatic carbocycles. The molecule has 1 aliphatic heterocycles. The maximum Gasteiger partial charge on any atom is 0.0398 e. The zero-order chi connectivity index (χ0) is 13.0. The number of fused-ring (bicyclic) bond motifs is 1. The minimum atomic E-state index is 0.446. The van der Waals surface area contributed by atoms with E-state index < -0.39 is 0 Å². The Morgan fingerprint density at radius 3 is 2.94 bits per heavy atom. The van der Waals surface area contributed by atoms with Gasteiger partial charge in [-0.1, -0.05) is 25.5 Å². The Balaban J connectivity index is 2.19. The lowest BCUT2D eigenvalue weighted by atomic mass is 9.96. The second-order valence-corrected chi connectivity index (χ2v) is 5.34. The molecule has 1 aromatic rings. The molecule has 0 spiro atoms. The lowest BCUT2D eigenvalue weighted by Crippen LogP contribution is -2.30. The molecule has 0 fully saturated rings. The van der Waals surface area contributed by atoms with Gasteiger partial charge in [0.15, 0.2) is 0 Å². The molecule has 1 unspecified atom stereocenters. The summed E-state index contributed by atoms with van der Waals surface area (Å²) < 4.78 is 0. The molecule has 2 rings (SSSR count). The molecule has 1 N–H and O–H groups in total. The summed E-state index contributed by atoms with van der Waals surface area (Å²) in [6.07, 6.45) is 5.12. The standard InChI is InChI=1S/C16H26N2/c1-4-5-10-18-11-6-7-15-12-14(13(2)17-3)8-9-16(15)18/h8-9,12-13,17H,4-7,10-11H2,1-3H3. The van der Waals surface area contributed by atoms with E-state index in [1.54, 1.807) is 0 Å². The zero-order valence-corrected chi connectivity index (χ0v) is 12.0. The fourth-order valence-corrected chi connectivity index (χ4v) is 2.71. The van der Waals surface area contributed by atoms with Crippen molar-refractivity contribution in [1.82, 2.24) is 5.32 Å². The van der Waals surface area contributed by atoms with Gasteiger partial charge in [-0.15, -0.1) is 0 Å². The predicted octanol–water partition coefficient (Wildman–Crippen LogP) is 3.52. The number of nitrogens with zero attached hydrogens (tertiary/aromatic N) is 1. The Bertz CT molecular complexity index is 387. The number of nitrogens with one attached hydrogen (secondary N) is 1. The molecule has 0 amide bonds. The number of anilines is 1. The first-order valence-electron chi connectivity index (χ1n) is 7.31. The Morgan fingerprint density at radius 2 is 2.22 bits per heavy atom. The van der Waals surface area contributed by atoms with E-state index in [2.05, 4.69) is 42.3 Å². The number of benzene rings is 1. The van der Waals surface area contributed by atoms with Crippen LogP contribution >= 0.6 is 0 Å². The van der Waals surface area contributed by atoms with Gasteiger partial charge in [0.25, 0.3) is 0 Å². The lowest BCUT2D eigenvalue weighted by Gasteiger charge is -2.32. The maximum atomic E-state index is 3.32. The molecule has 0 aliphatic carbocycles. The van der Waals surface area contributed by atoms with Crippen LogP contribution in [0.2, 0.25) is 0 Å². The van der Waals surface area contributed by atoms with E-state index in [0.717, 1.165) is 0 Å². The lowest BCUT2D eigenvalue weighted by molar-refractivity contribution is 0.640. The largest absolute Gasteiger partial charge is 0.371 e. The van der Waals surface area contributed by atoms with Crippen molar-refractivity contribution in [3.05, 3.63) is 29.3 Å². The molecule has 0 radical (unpaired) electrons. The Morgan fingerprint density at radius 1 is 1.39 bits per heavy atom. The van der Waals surface area contributed by atoms with Crippen LogP contribution in [-0.2, 0) is 6.42 Å². The molecule has 18 heavy (non-hydrogen) atoms. The topological polar surface area (TPSA) is 15.3 Å². The van der Waals surface area contributed by atoms with Crippen LogP contribution in [0.15, 0.2) is 18.2 Å². The predicted molar refractivity (Wildman–Crippen MR) is 79.4 cm³/mol. The number of hydrogen-bond donors (Lipinski definition) is 1. The van der Waals surface area contributed by atoms with Crippen molar-refractivity contribution in [2.24, 2.45) is 0 Å². The molecule has 1 heterocycles. The van der Waals surface area contributed by atoms with Crippen LogP contribution in [0.3, 0.4) is 0 Å². The third-order valence-electron chi connectivity index (χ3n) is 4.03. The number of aryl methyl sites for hydroxylation is 1. The van der Waals surface area contributed by atoms with Gasteiger partial charge in [0.2, 0.25) is 0 Å². The van der Waals surface area contributed by atoms with Gasteiger partial charge in [-0.05, 0) is 50.4 Å². The first kappa shape index (κ1) is 13.4. The van der Waals surface area contributed by atoms with Gasteiger partial charge < -0.3 is 10.2 Å². The highest BCUT2D eigenvalue weighted by molar-refractivity contribution is 5.57. The SMILES string of the molecule is CCCCN1CCCc2cc(C(C)NC)ccc21. The van der Waals surface area contributed by atoms with Gasteiger partial charge >= 0.3 is 0 Å². The molecule has 100 valence electrons. The van der Waals surface area contributed by atoms with Gasteiger partial charge in [-0.25, -0.2) is 0 Å². The minimum Gasteiger partial charge on any atom is -0.371 e. The fourth-order valence-electron chi connectivity index (χ4n) is 2.71. The van der Waals surface area contributed by atoms with E-state index in [-0.39, 0.29) is 0 Å². The third kappa shape index (κ3) is 2.86. The number of rotatable bonds is 5. The minimum absolute atomic E-state index is 0.446. The fraction of sp³-hybridized carbons (Fsp3) is 0.625. The Hall–Kier alpha value is -1.02. The third-order valence-corrected chi connectivity index (χ3v) is 4.03.